The van der Waals surface area contributed by atoms with E-state index < -0.39 is 6.10 Å². The van der Waals surface area contributed by atoms with Crippen LogP contribution in [-0.2, 0) is 7.05 Å². The average molecular weight is 242 g/mol. The number of benzene rings is 1. The fourth-order valence-corrected chi connectivity index (χ4v) is 2.64. The van der Waals surface area contributed by atoms with Gasteiger partial charge in [-0.1, -0.05) is 30.7 Å². The number of nitrogens with zero attached hydrogens (tertiary/aromatic N) is 2. The number of aryl methyl sites for hydroxylation is 1. The molecule has 0 saturated heterocycles. The van der Waals surface area contributed by atoms with Crippen molar-refractivity contribution >= 4 is 0 Å². The molecule has 1 saturated carbocycles. The third kappa shape index (κ3) is 1.85. The normalized spacial score (nSPS) is 17.4. The summed E-state index contributed by atoms with van der Waals surface area (Å²) in [5.41, 5.74) is 3.19. The highest BCUT2D eigenvalue weighted by Gasteiger charge is 2.25. The molecule has 1 fully saturated rings. The van der Waals surface area contributed by atoms with Crippen molar-refractivity contribution in [2.75, 3.05) is 0 Å². The molecular formula is C15H18N2O. The number of hydrogen-bond donors (Lipinski definition) is 1. The summed E-state index contributed by atoms with van der Waals surface area (Å²) in [6.45, 7) is 0. The van der Waals surface area contributed by atoms with Gasteiger partial charge in [0.15, 0.2) is 0 Å². The molecule has 1 aliphatic rings. The summed E-state index contributed by atoms with van der Waals surface area (Å²) in [5, 5.41) is 10.6. The van der Waals surface area contributed by atoms with Gasteiger partial charge in [0.05, 0.1) is 18.2 Å². The Kier molecular flexibility index (Phi) is 2.92. The van der Waals surface area contributed by atoms with Gasteiger partial charge in [-0.05, 0) is 29.9 Å². The van der Waals surface area contributed by atoms with Crippen LogP contribution in [0.4, 0.5) is 0 Å². The van der Waals surface area contributed by atoms with Crippen LogP contribution >= 0.6 is 0 Å². The number of rotatable bonds is 3. The highest BCUT2D eigenvalue weighted by atomic mass is 16.3. The first-order valence-corrected chi connectivity index (χ1v) is 6.50. The molecule has 3 rings (SSSR count). The molecule has 1 aliphatic carbocycles. The molecule has 0 bridgehead atoms. The molecule has 1 heterocycles. The summed E-state index contributed by atoms with van der Waals surface area (Å²) in [6.07, 6.45) is 6.69. The molecular weight excluding hydrogens is 224 g/mol. The van der Waals surface area contributed by atoms with Gasteiger partial charge < -0.3 is 9.67 Å². The van der Waals surface area contributed by atoms with E-state index in [2.05, 4.69) is 17.1 Å². The van der Waals surface area contributed by atoms with Gasteiger partial charge in [0, 0.05) is 7.05 Å². The quantitative estimate of drug-likeness (QED) is 0.898. The zero-order chi connectivity index (χ0) is 12.5. The highest BCUT2D eigenvalue weighted by Crippen LogP contribution is 2.40. The summed E-state index contributed by atoms with van der Waals surface area (Å²) >= 11 is 0. The van der Waals surface area contributed by atoms with E-state index in [1.54, 1.807) is 12.5 Å². The first-order valence-electron chi connectivity index (χ1n) is 6.50. The van der Waals surface area contributed by atoms with Crippen LogP contribution in [0.25, 0.3) is 0 Å². The number of aliphatic hydroxyl groups excluding tert-OH is 1. The Morgan fingerprint density at radius 3 is 2.72 bits per heavy atom. The van der Waals surface area contributed by atoms with Crippen molar-refractivity contribution in [3.05, 3.63) is 53.6 Å². The SMILES string of the molecule is Cn1cncc1C(O)c1ccccc1C1CCC1. The van der Waals surface area contributed by atoms with E-state index in [1.165, 1.54) is 24.8 Å². The van der Waals surface area contributed by atoms with Gasteiger partial charge >= 0.3 is 0 Å². The number of imidazole rings is 1. The molecule has 1 atom stereocenters. The Labute approximate surface area is 107 Å². The van der Waals surface area contributed by atoms with Gasteiger partial charge in [-0.15, -0.1) is 0 Å². The van der Waals surface area contributed by atoms with Gasteiger partial charge in [0.2, 0.25) is 0 Å². The second kappa shape index (κ2) is 4.58. The van der Waals surface area contributed by atoms with E-state index in [0.29, 0.717) is 5.92 Å². The number of hydrogen-bond acceptors (Lipinski definition) is 2. The Morgan fingerprint density at radius 1 is 1.33 bits per heavy atom. The van der Waals surface area contributed by atoms with Crippen molar-refractivity contribution in [1.82, 2.24) is 9.55 Å². The van der Waals surface area contributed by atoms with Gasteiger partial charge in [-0.3, -0.25) is 0 Å². The van der Waals surface area contributed by atoms with E-state index in [4.69, 9.17) is 0 Å². The van der Waals surface area contributed by atoms with Crippen molar-refractivity contribution < 1.29 is 5.11 Å². The lowest BCUT2D eigenvalue weighted by Crippen LogP contribution is -2.14. The first-order chi connectivity index (χ1) is 8.77. The Hall–Kier alpha value is -1.61. The maximum Gasteiger partial charge on any atom is 0.121 e. The van der Waals surface area contributed by atoms with Gasteiger partial charge in [0.25, 0.3) is 0 Å². The molecule has 94 valence electrons. The molecule has 3 heteroatoms. The number of aliphatic hydroxyl groups is 1. The van der Waals surface area contributed by atoms with Crippen LogP contribution in [0.5, 0.6) is 0 Å². The van der Waals surface area contributed by atoms with Crippen molar-refractivity contribution in [1.29, 1.82) is 0 Å². The molecule has 0 amide bonds. The fourth-order valence-electron chi connectivity index (χ4n) is 2.64. The summed E-state index contributed by atoms with van der Waals surface area (Å²) < 4.78 is 1.88. The van der Waals surface area contributed by atoms with E-state index in [-0.39, 0.29) is 0 Å². The van der Waals surface area contributed by atoms with Crippen LogP contribution in [0.15, 0.2) is 36.8 Å². The third-order valence-corrected chi connectivity index (χ3v) is 3.97. The topological polar surface area (TPSA) is 38.0 Å². The maximum atomic E-state index is 10.6. The van der Waals surface area contributed by atoms with Crippen LogP contribution in [0.3, 0.4) is 0 Å². The molecule has 0 radical (unpaired) electrons. The molecule has 0 spiro atoms. The maximum absolute atomic E-state index is 10.6. The summed E-state index contributed by atoms with van der Waals surface area (Å²) in [6, 6.07) is 8.24. The van der Waals surface area contributed by atoms with Crippen molar-refractivity contribution in [3.63, 3.8) is 0 Å². The second-order valence-electron chi connectivity index (χ2n) is 5.09. The smallest absolute Gasteiger partial charge is 0.121 e. The Bertz CT molecular complexity index is 543. The second-order valence-corrected chi connectivity index (χ2v) is 5.09. The van der Waals surface area contributed by atoms with E-state index in [1.807, 2.05) is 23.7 Å². The van der Waals surface area contributed by atoms with Gasteiger partial charge in [-0.2, -0.15) is 0 Å². The minimum absolute atomic E-state index is 0.575. The minimum atomic E-state index is -0.575. The first kappa shape index (κ1) is 11.5. The monoisotopic (exact) mass is 242 g/mol. The van der Waals surface area contributed by atoms with Crippen LogP contribution in [0.2, 0.25) is 0 Å². The van der Waals surface area contributed by atoms with Crippen LogP contribution in [-0.4, -0.2) is 14.7 Å². The largest absolute Gasteiger partial charge is 0.382 e. The van der Waals surface area contributed by atoms with Crippen molar-refractivity contribution in [2.45, 2.75) is 31.3 Å². The zero-order valence-electron chi connectivity index (χ0n) is 10.6. The summed E-state index contributed by atoms with van der Waals surface area (Å²) in [4.78, 5) is 4.08. The van der Waals surface area contributed by atoms with E-state index in [0.717, 1.165) is 11.3 Å². The average Bonchev–Trinajstić information content (AvgIpc) is 2.73. The van der Waals surface area contributed by atoms with E-state index in [9.17, 15) is 5.11 Å². The predicted molar refractivity (Wildman–Crippen MR) is 70.3 cm³/mol. The van der Waals surface area contributed by atoms with Crippen LogP contribution in [0.1, 0.15) is 48.1 Å². The molecule has 1 aromatic heterocycles. The lowest BCUT2D eigenvalue weighted by molar-refractivity contribution is 0.208. The molecule has 18 heavy (non-hydrogen) atoms. The minimum Gasteiger partial charge on any atom is -0.382 e. The summed E-state index contributed by atoms with van der Waals surface area (Å²) in [7, 11) is 1.91. The molecule has 0 aliphatic heterocycles. The summed E-state index contributed by atoms with van der Waals surface area (Å²) in [5.74, 6) is 0.629. The molecule has 3 nitrogen and oxygen atoms in total. The molecule has 1 N–H and O–H groups in total. The van der Waals surface area contributed by atoms with Gasteiger partial charge in [-0.25, -0.2) is 4.98 Å². The molecule has 2 aromatic rings. The van der Waals surface area contributed by atoms with Crippen molar-refractivity contribution in [2.24, 2.45) is 7.05 Å². The van der Waals surface area contributed by atoms with Crippen molar-refractivity contribution in [3.8, 4) is 0 Å². The standard InChI is InChI=1S/C15H18N2O/c1-17-10-16-9-14(17)15(18)13-8-3-2-7-12(13)11-5-4-6-11/h2-3,7-11,15,18H,4-6H2,1H3. The Balaban J connectivity index is 1.98. The predicted octanol–water partition coefficient (Wildman–Crippen LogP) is 2.77. The van der Waals surface area contributed by atoms with E-state index >= 15 is 0 Å². The lowest BCUT2D eigenvalue weighted by Gasteiger charge is -2.29. The van der Waals surface area contributed by atoms with Gasteiger partial charge in [0.1, 0.15) is 6.10 Å². The lowest BCUT2D eigenvalue weighted by atomic mass is 9.77. The van der Waals surface area contributed by atoms with Crippen LogP contribution < -0.4 is 0 Å². The zero-order valence-corrected chi connectivity index (χ0v) is 10.6. The molecule has 1 unspecified atom stereocenters. The third-order valence-electron chi connectivity index (χ3n) is 3.97. The molecule has 1 aromatic carbocycles. The Morgan fingerprint density at radius 2 is 2.11 bits per heavy atom. The fraction of sp³-hybridized carbons (Fsp3) is 0.400. The highest BCUT2D eigenvalue weighted by molar-refractivity contribution is 5.36. The number of aromatic nitrogens is 2. The van der Waals surface area contributed by atoms with Crippen LogP contribution in [0, 0.1) is 0 Å².